The Morgan fingerprint density at radius 3 is 2.23 bits per heavy atom. The highest BCUT2D eigenvalue weighted by Crippen LogP contribution is 2.12. The molecule has 164 valence electrons. The molecule has 0 bridgehead atoms. The summed E-state index contributed by atoms with van der Waals surface area (Å²) in [4.78, 5) is 40.5. The minimum atomic E-state index is -0.699. The van der Waals surface area contributed by atoms with E-state index in [4.69, 9.17) is 0 Å². The van der Waals surface area contributed by atoms with Crippen LogP contribution in [0.1, 0.15) is 22.8 Å². The number of piperazine rings is 1. The lowest BCUT2D eigenvalue weighted by Crippen LogP contribution is -2.54. The van der Waals surface area contributed by atoms with Crippen LogP contribution in [0.2, 0.25) is 0 Å². The zero-order valence-electron chi connectivity index (χ0n) is 17.8. The van der Waals surface area contributed by atoms with Crippen LogP contribution in [0.15, 0.2) is 54.6 Å². The Bertz CT molecular complexity index is 894. The molecule has 1 aliphatic rings. The first-order chi connectivity index (χ1) is 15.0. The number of nitrogens with zero attached hydrogens (tertiary/aromatic N) is 2. The first kappa shape index (κ1) is 22.3. The molecule has 1 unspecified atom stereocenters. The van der Waals surface area contributed by atoms with Crippen LogP contribution >= 0.6 is 0 Å². The summed E-state index contributed by atoms with van der Waals surface area (Å²) >= 11 is 0. The van der Waals surface area contributed by atoms with E-state index >= 15 is 0 Å². The molecule has 0 aliphatic carbocycles. The zero-order valence-corrected chi connectivity index (χ0v) is 17.8. The number of hydrogen-bond acceptors (Lipinski definition) is 5. The Kier molecular flexibility index (Phi) is 7.61. The van der Waals surface area contributed by atoms with Crippen molar-refractivity contribution in [3.63, 3.8) is 0 Å². The highest BCUT2D eigenvalue weighted by atomic mass is 16.5. The van der Waals surface area contributed by atoms with Crippen molar-refractivity contribution in [3.8, 4) is 0 Å². The van der Waals surface area contributed by atoms with E-state index in [0.29, 0.717) is 24.3 Å². The fraction of sp³-hybridized carbons (Fsp3) is 0.348. The van der Waals surface area contributed by atoms with Crippen LogP contribution in [0.3, 0.4) is 0 Å². The van der Waals surface area contributed by atoms with Gasteiger partial charge in [-0.1, -0.05) is 30.3 Å². The van der Waals surface area contributed by atoms with Crippen LogP contribution in [0, 0.1) is 0 Å². The van der Waals surface area contributed by atoms with Gasteiger partial charge in [0.15, 0.2) is 0 Å². The predicted molar refractivity (Wildman–Crippen MR) is 118 cm³/mol. The normalized spacial score (nSPS) is 15.1. The second-order valence-electron chi connectivity index (χ2n) is 7.48. The van der Waals surface area contributed by atoms with Crippen molar-refractivity contribution in [1.82, 2.24) is 15.1 Å². The molecule has 0 radical (unpaired) electrons. The molecule has 8 nitrogen and oxygen atoms in total. The summed E-state index contributed by atoms with van der Waals surface area (Å²) in [5.74, 6) is -0.774. The summed E-state index contributed by atoms with van der Waals surface area (Å²) < 4.78 is 4.65. The summed E-state index contributed by atoms with van der Waals surface area (Å²) in [6.45, 7) is 5.31. The van der Waals surface area contributed by atoms with Crippen molar-refractivity contribution in [2.24, 2.45) is 0 Å². The van der Waals surface area contributed by atoms with Gasteiger partial charge < -0.3 is 20.3 Å². The van der Waals surface area contributed by atoms with Gasteiger partial charge in [-0.05, 0) is 36.8 Å². The van der Waals surface area contributed by atoms with Crippen LogP contribution in [-0.2, 0) is 16.1 Å². The Labute approximate surface area is 182 Å². The second kappa shape index (κ2) is 10.6. The topological polar surface area (TPSA) is 91.0 Å². The summed E-state index contributed by atoms with van der Waals surface area (Å²) in [6.07, 6.45) is 0. The van der Waals surface area contributed by atoms with Crippen molar-refractivity contribution in [2.75, 3.05) is 38.6 Å². The Morgan fingerprint density at radius 1 is 0.968 bits per heavy atom. The fourth-order valence-corrected chi connectivity index (χ4v) is 3.35. The Balaban J connectivity index is 1.43. The first-order valence-electron chi connectivity index (χ1n) is 10.3. The number of amides is 3. The lowest BCUT2D eigenvalue weighted by Gasteiger charge is -2.35. The van der Waals surface area contributed by atoms with Gasteiger partial charge in [-0.3, -0.25) is 9.69 Å². The quantitative estimate of drug-likeness (QED) is 0.695. The number of esters is 1. The number of rotatable bonds is 6. The SMILES string of the molecule is COC(=O)c1ccc(NC(=O)C(C)NC(=O)N2CCN(Cc3ccccc3)CC2)cc1. The lowest BCUT2D eigenvalue weighted by atomic mass is 10.2. The van der Waals surface area contributed by atoms with E-state index in [1.807, 2.05) is 18.2 Å². The van der Waals surface area contributed by atoms with E-state index in [2.05, 4.69) is 32.4 Å². The number of urea groups is 1. The van der Waals surface area contributed by atoms with Gasteiger partial charge in [0, 0.05) is 38.4 Å². The molecule has 1 fully saturated rings. The second-order valence-corrected chi connectivity index (χ2v) is 7.48. The lowest BCUT2D eigenvalue weighted by molar-refractivity contribution is -0.117. The van der Waals surface area contributed by atoms with Crippen molar-refractivity contribution < 1.29 is 19.1 Å². The van der Waals surface area contributed by atoms with Crippen LogP contribution < -0.4 is 10.6 Å². The van der Waals surface area contributed by atoms with Gasteiger partial charge in [0.05, 0.1) is 12.7 Å². The predicted octanol–water partition coefficient (Wildman–Crippen LogP) is 2.33. The van der Waals surface area contributed by atoms with Gasteiger partial charge in [0.25, 0.3) is 0 Å². The highest BCUT2D eigenvalue weighted by molar-refractivity contribution is 5.97. The van der Waals surface area contributed by atoms with Crippen molar-refractivity contribution in [2.45, 2.75) is 19.5 Å². The van der Waals surface area contributed by atoms with E-state index in [-0.39, 0.29) is 11.9 Å². The van der Waals surface area contributed by atoms with Crippen LogP contribution in [0.5, 0.6) is 0 Å². The fourth-order valence-electron chi connectivity index (χ4n) is 3.35. The summed E-state index contributed by atoms with van der Waals surface area (Å²) in [6, 6.07) is 15.7. The zero-order chi connectivity index (χ0) is 22.2. The monoisotopic (exact) mass is 424 g/mol. The number of hydrogen-bond donors (Lipinski definition) is 2. The third kappa shape index (κ3) is 6.29. The Morgan fingerprint density at radius 2 is 1.61 bits per heavy atom. The number of carbonyl (C=O) groups is 3. The molecule has 0 spiro atoms. The average Bonchev–Trinajstić information content (AvgIpc) is 2.80. The van der Waals surface area contributed by atoms with Crippen LogP contribution in [0.4, 0.5) is 10.5 Å². The van der Waals surface area contributed by atoms with E-state index < -0.39 is 12.0 Å². The molecule has 2 aromatic carbocycles. The van der Waals surface area contributed by atoms with E-state index in [1.165, 1.54) is 12.7 Å². The molecule has 3 amide bonds. The van der Waals surface area contributed by atoms with Gasteiger partial charge in [0.2, 0.25) is 5.91 Å². The van der Waals surface area contributed by atoms with Gasteiger partial charge in [-0.2, -0.15) is 0 Å². The van der Waals surface area contributed by atoms with Gasteiger partial charge >= 0.3 is 12.0 Å². The van der Waals surface area contributed by atoms with Crippen LogP contribution in [-0.4, -0.2) is 67.0 Å². The average molecular weight is 425 g/mol. The van der Waals surface area contributed by atoms with E-state index in [9.17, 15) is 14.4 Å². The molecular weight excluding hydrogens is 396 g/mol. The maximum absolute atomic E-state index is 12.5. The highest BCUT2D eigenvalue weighted by Gasteiger charge is 2.24. The molecule has 3 rings (SSSR count). The minimum absolute atomic E-state index is 0.247. The molecule has 1 aliphatic heterocycles. The summed E-state index contributed by atoms with van der Waals surface area (Å²) in [5.41, 5.74) is 2.19. The van der Waals surface area contributed by atoms with Crippen LogP contribution in [0.25, 0.3) is 0 Å². The number of anilines is 1. The standard InChI is InChI=1S/C23H28N4O4/c1-17(21(28)25-20-10-8-19(9-11-20)22(29)31-2)24-23(30)27-14-12-26(13-15-27)16-18-6-4-3-5-7-18/h3-11,17H,12-16H2,1-2H3,(H,24,30)(H,25,28). The molecule has 1 atom stereocenters. The number of methoxy groups -OCH3 is 1. The maximum atomic E-state index is 12.5. The molecule has 2 aromatic rings. The number of carbonyl (C=O) groups excluding carboxylic acids is 3. The molecule has 31 heavy (non-hydrogen) atoms. The Hall–Kier alpha value is -3.39. The smallest absolute Gasteiger partial charge is 0.337 e. The van der Waals surface area contributed by atoms with E-state index in [0.717, 1.165) is 19.6 Å². The molecule has 8 heteroatoms. The molecular formula is C23H28N4O4. The summed E-state index contributed by atoms with van der Waals surface area (Å²) in [5, 5.41) is 5.49. The van der Waals surface area contributed by atoms with E-state index in [1.54, 1.807) is 36.1 Å². The first-order valence-corrected chi connectivity index (χ1v) is 10.3. The van der Waals surface area contributed by atoms with Gasteiger partial charge in [0.1, 0.15) is 6.04 Å². The minimum Gasteiger partial charge on any atom is -0.465 e. The molecule has 1 saturated heterocycles. The van der Waals surface area contributed by atoms with Crippen molar-refractivity contribution in [1.29, 1.82) is 0 Å². The number of ether oxygens (including phenoxy) is 1. The van der Waals surface area contributed by atoms with Gasteiger partial charge in [-0.15, -0.1) is 0 Å². The largest absolute Gasteiger partial charge is 0.465 e. The molecule has 1 heterocycles. The number of benzene rings is 2. The third-order valence-corrected chi connectivity index (χ3v) is 5.22. The van der Waals surface area contributed by atoms with Crippen molar-refractivity contribution in [3.05, 3.63) is 65.7 Å². The third-order valence-electron chi connectivity index (χ3n) is 5.22. The van der Waals surface area contributed by atoms with Gasteiger partial charge in [-0.25, -0.2) is 9.59 Å². The summed E-state index contributed by atoms with van der Waals surface area (Å²) in [7, 11) is 1.31. The molecule has 2 N–H and O–H groups in total. The molecule has 0 saturated carbocycles. The maximum Gasteiger partial charge on any atom is 0.337 e. The van der Waals surface area contributed by atoms with Crippen molar-refractivity contribution >= 4 is 23.6 Å². The number of nitrogens with one attached hydrogen (secondary N) is 2. The molecule has 0 aromatic heterocycles.